The lowest BCUT2D eigenvalue weighted by atomic mass is 9.95. The van der Waals surface area contributed by atoms with Crippen molar-refractivity contribution in [2.75, 3.05) is 19.7 Å². The number of piperidine rings is 1. The normalized spacial score (nSPS) is 16.3. The second-order valence-electron chi connectivity index (χ2n) is 11.4. The van der Waals surface area contributed by atoms with Gasteiger partial charge in [0.2, 0.25) is 0 Å². The van der Waals surface area contributed by atoms with E-state index in [9.17, 15) is 14.4 Å². The fourth-order valence-electron chi connectivity index (χ4n) is 6.56. The van der Waals surface area contributed by atoms with Gasteiger partial charge in [0.05, 0.1) is 34.5 Å². The maximum atomic E-state index is 13.5. The summed E-state index contributed by atoms with van der Waals surface area (Å²) in [7, 11) is 0. The number of imide groups is 1. The lowest BCUT2D eigenvalue weighted by molar-refractivity contribution is -0.122. The van der Waals surface area contributed by atoms with Crippen LogP contribution in [0, 0.1) is 0 Å². The Labute approximate surface area is 254 Å². The van der Waals surface area contributed by atoms with Gasteiger partial charge in [-0.3, -0.25) is 24.8 Å². The minimum Gasteiger partial charge on any atom is -0.462 e. The number of fused-ring (bicyclic) bond motifs is 2. The maximum Gasteiger partial charge on any atom is 0.340 e. The van der Waals surface area contributed by atoms with Crippen LogP contribution in [0.2, 0.25) is 0 Å². The Hall–Kier alpha value is -5.02. The van der Waals surface area contributed by atoms with Gasteiger partial charge in [0.25, 0.3) is 11.8 Å². The van der Waals surface area contributed by atoms with E-state index in [0.29, 0.717) is 46.2 Å². The fourth-order valence-corrected chi connectivity index (χ4v) is 6.56. The molecule has 5 aromatic rings. The molecular formula is C35H33N5O4. The monoisotopic (exact) mass is 587 g/mol. The number of nitrogens with zero attached hydrogens (tertiary/aromatic N) is 3. The Morgan fingerprint density at radius 2 is 1.68 bits per heavy atom. The van der Waals surface area contributed by atoms with E-state index in [4.69, 9.17) is 4.74 Å². The molecule has 222 valence electrons. The van der Waals surface area contributed by atoms with Crippen molar-refractivity contribution in [3.05, 3.63) is 102 Å². The number of aromatic nitrogens is 3. The van der Waals surface area contributed by atoms with Crippen LogP contribution >= 0.6 is 0 Å². The van der Waals surface area contributed by atoms with E-state index in [-0.39, 0.29) is 6.04 Å². The number of rotatable bonds is 8. The van der Waals surface area contributed by atoms with E-state index in [1.54, 1.807) is 18.3 Å². The lowest BCUT2D eigenvalue weighted by Crippen LogP contribution is -2.34. The molecular weight excluding hydrogens is 554 g/mol. The number of carbonyl (C=O) groups excluding carboxylic acids is 3. The highest BCUT2D eigenvalue weighted by Crippen LogP contribution is 2.40. The number of ether oxygens (including phenoxy) is 1. The number of pyridine rings is 1. The number of hydrogen-bond donors (Lipinski definition) is 2. The first-order chi connectivity index (χ1) is 21.5. The minimum atomic E-state index is -0.454. The molecule has 44 heavy (non-hydrogen) atoms. The fraction of sp³-hybridized carbons (Fsp3) is 0.257. The Kier molecular flexibility index (Phi) is 7.31. The molecule has 0 unspecified atom stereocenters. The Bertz CT molecular complexity index is 1930. The molecule has 2 aliphatic rings. The highest BCUT2D eigenvalue weighted by Gasteiger charge is 2.36. The number of aromatic amines is 1. The largest absolute Gasteiger partial charge is 0.462 e. The van der Waals surface area contributed by atoms with Crippen molar-refractivity contribution in [3.63, 3.8) is 0 Å². The Morgan fingerprint density at radius 3 is 2.45 bits per heavy atom. The summed E-state index contributed by atoms with van der Waals surface area (Å²) in [5.74, 6) is -1.31. The van der Waals surface area contributed by atoms with Crippen LogP contribution in [0.5, 0.6) is 0 Å². The molecule has 1 saturated heterocycles. The van der Waals surface area contributed by atoms with Crippen LogP contribution in [0.1, 0.15) is 59.4 Å². The molecule has 7 rings (SSSR count). The number of benzene rings is 2. The van der Waals surface area contributed by atoms with Crippen LogP contribution in [0.25, 0.3) is 33.0 Å². The summed E-state index contributed by atoms with van der Waals surface area (Å²) in [6.07, 6.45) is 8.21. The van der Waals surface area contributed by atoms with Gasteiger partial charge in [-0.25, -0.2) is 4.79 Å². The van der Waals surface area contributed by atoms with Crippen LogP contribution in [0.3, 0.4) is 0 Å². The third-order valence-corrected chi connectivity index (χ3v) is 8.65. The molecule has 9 nitrogen and oxygen atoms in total. The van der Waals surface area contributed by atoms with Crippen molar-refractivity contribution in [1.29, 1.82) is 0 Å². The summed E-state index contributed by atoms with van der Waals surface area (Å²) in [4.78, 5) is 49.7. The van der Waals surface area contributed by atoms with Gasteiger partial charge in [-0.1, -0.05) is 43.3 Å². The van der Waals surface area contributed by atoms with Gasteiger partial charge in [0.15, 0.2) is 0 Å². The van der Waals surface area contributed by atoms with E-state index in [0.717, 1.165) is 54.6 Å². The Morgan fingerprint density at radius 1 is 0.932 bits per heavy atom. The predicted octanol–water partition coefficient (Wildman–Crippen LogP) is 5.49. The van der Waals surface area contributed by atoms with Gasteiger partial charge < -0.3 is 14.3 Å². The number of carbonyl (C=O) groups is 3. The zero-order chi connectivity index (χ0) is 30.2. The molecule has 2 amide bonds. The van der Waals surface area contributed by atoms with Gasteiger partial charge >= 0.3 is 5.97 Å². The molecule has 3 aromatic heterocycles. The van der Waals surface area contributed by atoms with Crippen molar-refractivity contribution in [3.8, 4) is 0 Å². The van der Waals surface area contributed by atoms with Crippen molar-refractivity contribution in [2.45, 2.75) is 38.8 Å². The average molecular weight is 588 g/mol. The maximum absolute atomic E-state index is 13.5. The van der Waals surface area contributed by atoms with E-state index in [2.05, 4.69) is 36.9 Å². The van der Waals surface area contributed by atoms with Crippen molar-refractivity contribution in [2.24, 2.45) is 0 Å². The van der Waals surface area contributed by atoms with Gasteiger partial charge in [-0.05, 0) is 43.5 Å². The molecule has 0 radical (unpaired) electrons. The summed E-state index contributed by atoms with van der Waals surface area (Å²) in [6, 6.07) is 19.6. The van der Waals surface area contributed by atoms with E-state index < -0.39 is 17.8 Å². The first-order valence-corrected chi connectivity index (χ1v) is 15.1. The van der Waals surface area contributed by atoms with E-state index in [1.165, 1.54) is 0 Å². The van der Waals surface area contributed by atoms with Gasteiger partial charge in [-0.2, -0.15) is 0 Å². The zero-order valence-corrected chi connectivity index (χ0v) is 24.5. The molecule has 2 aromatic carbocycles. The van der Waals surface area contributed by atoms with Gasteiger partial charge in [-0.15, -0.1) is 0 Å². The first kappa shape index (κ1) is 27.8. The zero-order valence-electron chi connectivity index (χ0n) is 24.5. The predicted molar refractivity (Wildman–Crippen MR) is 169 cm³/mol. The highest BCUT2D eigenvalue weighted by molar-refractivity contribution is 6.50. The third-order valence-electron chi connectivity index (χ3n) is 8.65. The van der Waals surface area contributed by atoms with E-state index >= 15 is 0 Å². The summed E-state index contributed by atoms with van der Waals surface area (Å²) in [6.45, 7) is 4.96. The molecule has 0 saturated carbocycles. The lowest BCUT2D eigenvalue weighted by Gasteiger charge is -2.33. The topological polar surface area (TPSA) is 109 Å². The van der Waals surface area contributed by atoms with Crippen LogP contribution in [0.15, 0.2) is 79.3 Å². The second-order valence-corrected chi connectivity index (χ2v) is 11.4. The quantitative estimate of drug-likeness (QED) is 0.184. The van der Waals surface area contributed by atoms with Crippen LogP contribution in [-0.2, 0) is 20.9 Å². The number of esters is 1. The summed E-state index contributed by atoms with van der Waals surface area (Å²) in [5, 5.41) is 4.14. The average Bonchev–Trinajstić information content (AvgIpc) is 3.73. The summed E-state index contributed by atoms with van der Waals surface area (Å²) in [5.41, 5.74) is 5.00. The molecule has 2 aliphatic heterocycles. The molecule has 0 spiro atoms. The number of hydrogen-bond acceptors (Lipinski definition) is 6. The number of amides is 2. The first-order valence-electron chi connectivity index (χ1n) is 15.1. The molecule has 0 aliphatic carbocycles. The number of likely N-dealkylation sites (tertiary alicyclic amines) is 1. The number of nitrogens with one attached hydrogen (secondary N) is 2. The molecule has 0 bridgehead atoms. The molecule has 9 heteroatoms. The Balaban J connectivity index is 1.27. The van der Waals surface area contributed by atoms with Crippen molar-refractivity contribution in [1.82, 2.24) is 24.8 Å². The molecule has 1 fully saturated rings. The van der Waals surface area contributed by atoms with Gasteiger partial charge in [0.1, 0.15) is 0 Å². The van der Waals surface area contributed by atoms with Crippen LogP contribution in [-0.4, -0.2) is 56.9 Å². The standard InChI is InChI=1S/C35H33N5O4/c1-2-18-44-35(43)26-11-7-10-25-27(19-37-32(25)26)30-31(34(42)38-33(30)41)28-21-40(29-12-4-3-9-24(28)29)23-13-16-39(17-14-23)20-22-8-5-6-15-36-22/h3-12,15,19,21,23,37H,2,13-14,16-18,20H2,1H3,(H,38,41,42). The molecule has 2 N–H and O–H groups in total. The third kappa shape index (κ3) is 4.89. The highest BCUT2D eigenvalue weighted by atomic mass is 16.5. The number of H-pyrrole nitrogens is 1. The summed E-state index contributed by atoms with van der Waals surface area (Å²) < 4.78 is 7.66. The van der Waals surface area contributed by atoms with E-state index in [1.807, 2.05) is 55.7 Å². The van der Waals surface area contributed by atoms with Gasteiger partial charge in [0, 0.05) is 71.7 Å². The smallest absolute Gasteiger partial charge is 0.340 e. The number of para-hydroxylation sites is 2. The van der Waals surface area contributed by atoms with Crippen molar-refractivity contribution < 1.29 is 19.1 Å². The van der Waals surface area contributed by atoms with Crippen LogP contribution < -0.4 is 5.32 Å². The molecule has 0 atom stereocenters. The summed E-state index contributed by atoms with van der Waals surface area (Å²) >= 11 is 0. The SMILES string of the molecule is CCCOC(=O)c1cccc2c(C3=C(c4cn(C5CCN(Cc6ccccn6)CC5)c5ccccc45)C(=O)NC3=O)c[nH]c12. The van der Waals surface area contributed by atoms with Crippen LogP contribution in [0.4, 0.5) is 0 Å². The minimum absolute atomic E-state index is 0.252. The molecule has 5 heterocycles. The van der Waals surface area contributed by atoms with Crippen molar-refractivity contribution >= 4 is 50.7 Å². The second kappa shape index (κ2) is 11.6.